The molecule has 0 spiro atoms. The van der Waals surface area contributed by atoms with Gasteiger partial charge in [0.25, 0.3) is 0 Å². The standard InChI is InChI=1S/C21H15N3O3/c1-25-18-3-2-16(24-12-18)13-26-17-4-5-20-14(8-17)9-21(27-20)19-6-7-23-11-15(19)10-22/h2-9,11-12H,13H2,1H3. The molecule has 0 saturated carbocycles. The summed E-state index contributed by atoms with van der Waals surface area (Å²) < 4.78 is 16.8. The minimum atomic E-state index is 0.350. The van der Waals surface area contributed by atoms with E-state index in [4.69, 9.17) is 13.9 Å². The van der Waals surface area contributed by atoms with Crippen LogP contribution in [0, 0.1) is 11.3 Å². The number of benzene rings is 1. The quantitative estimate of drug-likeness (QED) is 0.528. The lowest BCUT2D eigenvalue weighted by molar-refractivity contribution is 0.301. The normalized spacial score (nSPS) is 10.5. The van der Waals surface area contributed by atoms with Gasteiger partial charge in [0.2, 0.25) is 0 Å². The Morgan fingerprint density at radius 3 is 2.74 bits per heavy atom. The molecule has 0 amide bonds. The summed E-state index contributed by atoms with van der Waals surface area (Å²) in [6, 6.07) is 15.1. The maximum absolute atomic E-state index is 9.24. The predicted octanol–water partition coefficient (Wildman–Crippen LogP) is 4.35. The van der Waals surface area contributed by atoms with Gasteiger partial charge >= 0.3 is 0 Å². The molecule has 0 aliphatic rings. The summed E-state index contributed by atoms with van der Waals surface area (Å²) in [7, 11) is 1.60. The Morgan fingerprint density at radius 1 is 1.07 bits per heavy atom. The van der Waals surface area contributed by atoms with Gasteiger partial charge in [-0.05, 0) is 42.5 Å². The average molecular weight is 357 g/mol. The van der Waals surface area contributed by atoms with Crippen LogP contribution in [0.15, 0.2) is 65.5 Å². The van der Waals surface area contributed by atoms with Crippen LogP contribution >= 0.6 is 0 Å². The van der Waals surface area contributed by atoms with Gasteiger partial charge in [0.05, 0.1) is 24.6 Å². The number of rotatable bonds is 5. The van der Waals surface area contributed by atoms with Crippen LogP contribution in [-0.2, 0) is 6.61 Å². The van der Waals surface area contributed by atoms with Crippen molar-refractivity contribution < 1.29 is 13.9 Å². The van der Waals surface area contributed by atoms with Crippen LogP contribution < -0.4 is 9.47 Å². The first kappa shape index (κ1) is 16.6. The van der Waals surface area contributed by atoms with E-state index >= 15 is 0 Å². The lowest BCUT2D eigenvalue weighted by Gasteiger charge is -2.06. The molecule has 0 saturated heterocycles. The minimum Gasteiger partial charge on any atom is -0.495 e. The molecule has 4 rings (SSSR count). The fourth-order valence-corrected chi connectivity index (χ4v) is 2.72. The van der Waals surface area contributed by atoms with Gasteiger partial charge in [-0.1, -0.05) is 0 Å². The number of aromatic nitrogens is 2. The zero-order valence-corrected chi connectivity index (χ0v) is 14.5. The number of hydrogen-bond acceptors (Lipinski definition) is 6. The number of methoxy groups -OCH3 is 1. The molecule has 0 fully saturated rings. The molecule has 6 nitrogen and oxygen atoms in total. The number of ether oxygens (including phenoxy) is 2. The fraction of sp³-hybridized carbons (Fsp3) is 0.0952. The molecule has 0 unspecified atom stereocenters. The van der Waals surface area contributed by atoms with E-state index < -0.39 is 0 Å². The van der Waals surface area contributed by atoms with Gasteiger partial charge in [-0.2, -0.15) is 5.26 Å². The Hall–Kier alpha value is -3.85. The van der Waals surface area contributed by atoms with Gasteiger partial charge in [-0.15, -0.1) is 0 Å². The highest BCUT2D eigenvalue weighted by atomic mass is 16.5. The highest BCUT2D eigenvalue weighted by Gasteiger charge is 2.11. The van der Waals surface area contributed by atoms with Crippen LogP contribution in [0.4, 0.5) is 0 Å². The molecule has 0 bridgehead atoms. The summed E-state index contributed by atoms with van der Waals surface area (Å²) in [6.45, 7) is 0.350. The lowest BCUT2D eigenvalue weighted by Crippen LogP contribution is -1.98. The topological polar surface area (TPSA) is 81.2 Å². The second-order valence-electron chi connectivity index (χ2n) is 5.82. The molecule has 0 aliphatic carbocycles. The molecule has 0 atom stereocenters. The number of furan rings is 1. The first-order valence-corrected chi connectivity index (χ1v) is 8.26. The van der Waals surface area contributed by atoms with Crippen LogP contribution in [0.5, 0.6) is 11.5 Å². The van der Waals surface area contributed by atoms with E-state index in [-0.39, 0.29) is 0 Å². The third-order valence-corrected chi connectivity index (χ3v) is 4.11. The number of hydrogen-bond donors (Lipinski definition) is 0. The summed E-state index contributed by atoms with van der Waals surface area (Å²) in [5.74, 6) is 2.04. The molecule has 132 valence electrons. The van der Waals surface area contributed by atoms with Crippen molar-refractivity contribution in [3.8, 4) is 28.9 Å². The van der Waals surface area contributed by atoms with Gasteiger partial charge in [-0.25, -0.2) is 0 Å². The Morgan fingerprint density at radius 2 is 1.96 bits per heavy atom. The third kappa shape index (κ3) is 3.44. The Bertz CT molecular complexity index is 1130. The first-order valence-electron chi connectivity index (χ1n) is 8.26. The number of nitriles is 1. The van der Waals surface area contributed by atoms with Crippen molar-refractivity contribution >= 4 is 11.0 Å². The highest BCUT2D eigenvalue weighted by Crippen LogP contribution is 2.31. The monoisotopic (exact) mass is 357 g/mol. The van der Waals surface area contributed by atoms with E-state index in [0.717, 1.165) is 16.7 Å². The van der Waals surface area contributed by atoms with Gasteiger partial charge in [0.1, 0.15) is 35.5 Å². The number of nitrogens with zero attached hydrogens (tertiary/aromatic N) is 3. The molecule has 0 aliphatic heterocycles. The van der Waals surface area contributed by atoms with Crippen molar-refractivity contribution in [2.75, 3.05) is 7.11 Å². The van der Waals surface area contributed by atoms with Crippen molar-refractivity contribution in [3.05, 3.63) is 72.3 Å². The zero-order chi connectivity index (χ0) is 18.6. The molecular weight excluding hydrogens is 342 g/mol. The Balaban J connectivity index is 1.56. The number of fused-ring (bicyclic) bond motifs is 1. The van der Waals surface area contributed by atoms with E-state index in [9.17, 15) is 5.26 Å². The fourth-order valence-electron chi connectivity index (χ4n) is 2.72. The summed E-state index contributed by atoms with van der Waals surface area (Å²) in [5.41, 5.74) is 2.71. The second kappa shape index (κ2) is 7.18. The van der Waals surface area contributed by atoms with Crippen LogP contribution in [0.2, 0.25) is 0 Å². The molecule has 3 heterocycles. The van der Waals surface area contributed by atoms with Crippen molar-refractivity contribution in [1.82, 2.24) is 9.97 Å². The summed E-state index contributed by atoms with van der Waals surface area (Å²) in [5, 5.41) is 10.1. The molecule has 0 N–H and O–H groups in total. The Kier molecular flexibility index (Phi) is 4.42. The minimum absolute atomic E-state index is 0.350. The first-order chi connectivity index (χ1) is 13.3. The van der Waals surface area contributed by atoms with Crippen LogP contribution in [0.1, 0.15) is 11.3 Å². The molecule has 3 aromatic heterocycles. The van der Waals surface area contributed by atoms with Crippen LogP contribution in [0.3, 0.4) is 0 Å². The van der Waals surface area contributed by atoms with Crippen molar-refractivity contribution in [2.45, 2.75) is 6.61 Å². The van der Waals surface area contributed by atoms with E-state index in [1.807, 2.05) is 36.4 Å². The van der Waals surface area contributed by atoms with Gasteiger partial charge in [0.15, 0.2) is 0 Å². The molecule has 0 radical (unpaired) electrons. The third-order valence-electron chi connectivity index (χ3n) is 4.11. The molecular formula is C21H15N3O3. The van der Waals surface area contributed by atoms with Crippen LogP contribution in [0.25, 0.3) is 22.3 Å². The van der Waals surface area contributed by atoms with Gasteiger partial charge in [0, 0.05) is 23.3 Å². The average Bonchev–Trinajstić information content (AvgIpc) is 3.15. The van der Waals surface area contributed by atoms with Crippen molar-refractivity contribution in [1.29, 1.82) is 5.26 Å². The summed E-state index contributed by atoms with van der Waals surface area (Å²) in [4.78, 5) is 8.26. The zero-order valence-electron chi connectivity index (χ0n) is 14.5. The number of pyridine rings is 2. The van der Waals surface area contributed by atoms with Gasteiger partial charge in [-0.3, -0.25) is 9.97 Å². The SMILES string of the molecule is COc1ccc(COc2ccc3oc(-c4ccncc4C#N)cc3c2)nc1. The van der Waals surface area contributed by atoms with E-state index in [2.05, 4.69) is 16.0 Å². The smallest absolute Gasteiger partial charge is 0.137 e. The second-order valence-corrected chi connectivity index (χ2v) is 5.82. The molecule has 6 heteroatoms. The summed E-state index contributed by atoms with van der Waals surface area (Å²) in [6.07, 6.45) is 4.82. The Labute approximate surface area is 155 Å². The maximum atomic E-state index is 9.24. The lowest BCUT2D eigenvalue weighted by atomic mass is 10.1. The molecule has 1 aromatic carbocycles. The van der Waals surface area contributed by atoms with E-state index in [0.29, 0.717) is 35.0 Å². The highest BCUT2D eigenvalue weighted by molar-refractivity contribution is 5.85. The van der Waals surface area contributed by atoms with E-state index in [1.54, 1.807) is 25.6 Å². The van der Waals surface area contributed by atoms with E-state index in [1.165, 1.54) is 6.20 Å². The molecule has 4 aromatic rings. The summed E-state index contributed by atoms with van der Waals surface area (Å²) >= 11 is 0. The molecule has 27 heavy (non-hydrogen) atoms. The van der Waals surface area contributed by atoms with Crippen molar-refractivity contribution in [2.24, 2.45) is 0 Å². The predicted molar refractivity (Wildman–Crippen MR) is 99.3 cm³/mol. The van der Waals surface area contributed by atoms with Crippen LogP contribution in [-0.4, -0.2) is 17.1 Å². The largest absolute Gasteiger partial charge is 0.495 e. The van der Waals surface area contributed by atoms with Gasteiger partial charge < -0.3 is 13.9 Å². The van der Waals surface area contributed by atoms with Crippen molar-refractivity contribution in [3.63, 3.8) is 0 Å². The maximum Gasteiger partial charge on any atom is 0.137 e.